The van der Waals surface area contributed by atoms with E-state index in [4.69, 9.17) is 13.1 Å². The molecule has 13 aromatic rings. The third-order valence-electron chi connectivity index (χ3n) is 14.6. The first-order valence-corrected chi connectivity index (χ1v) is 24.9. The number of benzene rings is 11. The Hall–Kier alpha value is -10.2. The molecule has 0 aliphatic rings. The van der Waals surface area contributed by atoms with E-state index < -0.39 is 11.7 Å². The van der Waals surface area contributed by atoms with Crippen molar-refractivity contribution in [2.45, 2.75) is 6.18 Å². The molecule has 358 valence electrons. The Labute approximate surface area is 436 Å². The number of hydrogen-bond donors (Lipinski definition) is 0. The van der Waals surface area contributed by atoms with Gasteiger partial charge in [0.1, 0.15) is 0 Å². The predicted octanol–water partition coefficient (Wildman–Crippen LogP) is 20.0. The van der Waals surface area contributed by atoms with Gasteiger partial charge >= 0.3 is 6.18 Å². The fraction of sp³-hybridized carbons (Fsp3) is 0.0145. The predicted molar refractivity (Wildman–Crippen MR) is 305 cm³/mol. The maximum atomic E-state index is 14.2. The summed E-state index contributed by atoms with van der Waals surface area (Å²) in [5.74, 6) is 0. The van der Waals surface area contributed by atoms with E-state index in [-0.39, 0.29) is 5.69 Å². The monoisotopic (exact) mass is 982 g/mol. The van der Waals surface area contributed by atoms with Crippen molar-refractivity contribution >= 4 is 55.0 Å². The zero-order chi connectivity index (χ0) is 51.5. The summed E-state index contributed by atoms with van der Waals surface area (Å²) < 4.78 is 47.0. The molecule has 7 heteroatoms. The van der Waals surface area contributed by atoms with Crippen molar-refractivity contribution in [1.82, 2.24) is 9.13 Å². The summed E-state index contributed by atoms with van der Waals surface area (Å²) in [5.41, 5.74) is 15.8. The molecular weight excluding hydrogens is 942 g/mol. The lowest BCUT2D eigenvalue weighted by molar-refractivity contribution is -0.137. The van der Waals surface area contributed by atoms with Crippen LogP contribution < -0.4 is 0 Å². The standard InChI is InChI=1S/C69H41F3N4/c1-73-54-29-36-67(75-63-32-24-48(44-15-7-3-8-16-44)37-57(63)58-38-49(25-33-64(58)75)45-17-9-4-10-18-45)61(43-54)56-30-23-52(55-31-28-53(69(70,71)72)42-62(55)74-2)41-68(56)76-65-34-26-50(46-19-11-5-12-20-46)39-59(65)60-40-51(27-35-66(60)76)47-21-13-6-14-22-47/h3-43H. The molecule has 0 saturated heterocycles. The Bertz CT molecular complexity index is 4310. The highest BCUT2D eigenvalue weighted by molar-refractivity contribution is 6.14. The van der Waals surface area contributed by atoms with Gasteiger partial charge in [-0.05, 0) is 134 Å². The van der Waals surface area contributed by atoms with Crippen LogP contribution in [0.2, 0.25) is 0 Å². The van der Waals surface area contributed by atoms with Crippen molar-refractivity contribution in [2.24, 2.45) is 0 Å². The average Bonchev–Trinajstić information content (AvgIpc) is 4.06. The van der Waals surface area contributed by atoms with E-state index in [1.807, 2.05) is 109 Å². The molecule has 13 rings (SSSR count). The van der Waals surface area contributed by atoms with Crippen molar-refractivity contribution in [2.75, 3.05) is 0 Å². The van der Waals surface area contributed by atoms with E-state index in [0.717, 1.165) is 123 Å². The molecule has 0 aliphatic heterocycles. The highest BCUT2D eigenvalue weighted by Gasteiger charge is 2.31. The molecule has 0 radical (unpaired) electrons. The maximum absolute atomic E-state index is 14.2. The molecule has 0 spiro atoms. The van der Waals surface area contributed by atoms with Gasteiger partial charge in [0.2, 0.25) is 0 Å². The average molecular weight is 983 g/mol. The Morgan fingerprint density at radius 1 is 0.303 bits per heavy atom. The molecular formula is C69H41F3N4. The minimum absolute atomic E-state index is 0.110. The van der Waals surface area contributed by atoms with Crippen LogP contribution in [0.4, 0.5) is 24.5 Å². The van der Waals surface area contributed by atoms with Gasteiger partial charge in [-0.3, -0.25) is 0 Å². The van der Waals surface area contributed by atoms with Crippen molar-refractivity contribution < 1.29 is 13.2 Å². The smallest absolute Gasteiger partial charge is 0.309 e. The van der Waals surface area contributed by atoms with E-state index in [0.29, 0.717) is 16.8 Å². The van der Waals surface area contributed by atoms with E-state index in [1.165, 1.54) is 6.07 Å². The lowest BCUT2D eigenvalue weighted by Crippen LogP contribution is -2.04. The van der Waals surface area contributed by atoms with Crippen LogP contribution in [-0.4, -0.2) is 9.13 Å². The van der Waals surface area contributed by atoms with E-state index in [1.54, 1.807) is 0 Å². The zero-order valence-corrected chi connectivity index (χ0v) is 40.6. The van der Waals surface area contributed by atoms with Crippen LogP contribution in [0, 0.1) is 13.1 Å². The summed E-state index contributed by atoms with van der Waals surface area (Å²) in [5, 5.41) is 4.13. The second-order valence-corrected chi connectivity index (χ2v) is 18.9. The largest absolute Gasteiger partial charge is 0.415 e. The summed E-state index contributed by atoms with van der Waals surface area (Å²) in [6.07, 6.45) is -4.63. The first-order chi connectivity index (χ1) is 37.2. The number of aromatic nitrogens is 2. The Balaban J connectivity index is 1.12. The first-order valence-electron chi connectivity index (χ1n) is 24.9. The van der Waals surface area contributed by atoms with E-state index >= 15 is 0 Å². The summed E-state index contributed by atoms with van der Waals surface area (Å²) in [4.78, 5) is 7.64. The Morgan fingerprint density at radius 2 is 0.697 bits per heavy atom. The molecule has 0 amide bonds. The van der Waals surface area contributed by atoms with Gasteiger partial charge in [0, 0.05) is 32.7 Å². The summed E-state index contributed by atoms with van der Waals surface area (Å²) in [6.45, 7) is 16.5. The molecule has 0 N–H and O–H groups in total. The van der Waals surface area contributed by atoms with Gasteiger partial charge in [-0.1, -0.05) is 176 Å². The molecule has 0 aliphatic carbocycles. The molecule has 0 saturated carbocycles. The quantitative estimate of drug-likeness (QED) is 0.135. The molecule has 0 unspecified atom stereocenters. The second kappa shape index (κ2) is 18.4. The fourth-order valence-corrected chi connectivity index (χ4v) is 11.0. The van der Waals surface area contributed by atoms with Crippen LogP contribution in [0.15, 0.2) is 249 Å². The van der Waals surface area contributed by atoms with Crippen LogP contribution >= 0.6 is 0 Å². The van der Waals surface area contributed by atoms with Crippen molar-refractivity contribution in [3.8, 4) is 78.1 Å². The van der Waals surface area contributed by atoms with Crippen molar-refractivity contribution in [1.29, 1.82) is 0 Å². The minimum atomic E-state index is -4.63. The van der Waals surface area contributed by atoms with Crippen LogP contribution in [-0.2, 0) is 6.18 Å². The fourth-order valence-electron chi connectivity index (χ4n) is 11.0. The van der Waals surface area contributed by atoms with E-state index in [2.05, 4.69) is 140 Å². The van der Waals surface area contributed by atoms with Crippen LogP contribution in [0.1, 0.15) is 5.56 Å². The molecule has 2 aromatic heterocycles. The first kappa shape index (κ1) is 45.6. The Morgan fingerprint density at radius 3 is 1.09 bits per heavy atom. The van der Waals surface area contributed by atoms with Gasteiger partial charge in [-0.25, -0.2) is 9.69 Å². The van der Waals surface area contributed by atoms with Crippen LogP contribution in [0.5, 0.6) is 0 Å². The highest BCUT2D eigenvalue weighted by atomic mass is 19.4. The lowest BCUT2D eigenvalue weighted by atomic mass is 9.94. The third kappa shape index (κ3) is 7.87. The molecule has 0 bridgehead atoms. The van der Waals surface area contributed by atoms with Gasteiger partial charge in [0.05, 0.1) is 46.6 Å². The summed E-state index contributed by atoms with van der Waals surface area (Å²) in [7, 11) is 0. The maximum Gasteiger partial charge on any atom is 0.415 e. The van der Waals surface area contributed by atoms with Crippen molar-refractivity contribution in [3.63, 3.8) is 0 Å². The third-order valence-corrected chi connectivity index (χ3v) is 14.6. The molecule has 2 heterocycles. The number of fused-ring (bicyclic) bond motifs is 6. The SMILES string of the molecule is [C-]#[N+]c1ccc(-n2c3ccc(-c4ccccc4)cc3c3cc(-c4ccccc4)ccc32)c(-c2ccc(-c3ccc(C(F)(F)F)cc3[N+]#[C-])cc2-n2c3ccc(-c4ccccc4)cc3c3cc(-c4ccccc4)ccc32)c1. The Kier molecular flexibility index (Phi) is 11.0. The van der Waals surface area contributed by atoms with Gasteiger partial charge in [0.25, 0.3) is 0 Å². The minimum Gasteiger partial charge on any atom is -0.309 e. The molecule has 4 nitrogen and oxygen atoms in total. The number of rotatable bonds is 8. The zero-order valence-electron chi connectivity index (χ0n) is 40.6. The number of nitrogens with zero attached hydrogens (tertiary/aromatic N) is 4. The van der Waals surface area contributed by atoms with Gasteiger partial charge < -0.3 is 9.13 Å². The second-order valence-electron chi connectivity index (χ2n) is 18.9. The topological polar surface area (TPSA) is 18.6 Å². The van der Waals surface area contributed by atoms with Crippen molar-refractivity contribution in [3.05, 3.63) is 277 Å². The molecule has 76 heavy (non-hydrogen) atoms. The normalized spacial score (nSPS) is 11.6. The number of hydrogen-bond acceptors (Lipinski definition) is 0. The van der Waals surface area contributed by atoms with Gasteiger partial charge in [0.15, 0.2) is 11.4 Å². The molecule has 0 fully saturated rings. The molecule has 11 aromatic carbocycles. The van der Waals surface area contributed by atoms with Crippen LogP contribution in [0.3, 0.4) is 0 Å². The van der Waals surface area contributed by atoms with Gasteiger partial charge in [-0.2, -0.15) is 13.2 Å². The van der Waals surface area contributed by atoms with E-state index in [9.17, 15) is 13.2 Å². The summed E-state index contributed by atoms with van der Waals surface area (Å²) >= 11 is 0. The number of halogens is 3. The molecule has 0 atom stereocenters. The highest BCUT2D eigenvalue weighted by Crippen LogP contribution is 2.47. The van der Waals surface area contributed by atoms with Gasteiger partial charge in [-0.15, -0.1) is 0 Å². The lowest BCUT2D eigenvalue weighted by Gasteiger charge is -2.21. The van der Waals surface area contributed by atoms with Crippen LogP contribution in [0.25, 0.3) is 131 Å². The number of alkyl halides is 3. The summed E-state index contributed by atoms with van der Waals surface area (Å²) in [6, 6.07) is 82.4.